The molecule has 0 aromatic heterocycles. The molecule has 0 heterocycles. The Bertz CT molecular complexity index is 698. The summed E-state index contributed by atoms with van der Waals surface area (Å²) < 4.78 is 60.9. The van der Waals surface area contributed by atoms with E-state index in [9.17, 15) is 20.7 Å². The van der Waals surface area contributed by atoms with E-state index < -0.39 is 25.1 Å². The number of hydrogen-bond donors (Lipinski definition) is 1. The maximum Gasteiger partial charge on any atom is 0.332 e. The molecule has 1 saturated carbocycles. The Morgan fingerprint density at radius 3 is 2.14 bits per heavy atom. The third-order valence-corrected chi connectivity index (χ3v) is 6.26. The maximum atomic E-state index is 12.8. The lowest BCUT2D eigenvalue weighted by Gasteiger charge is -2.16. The first kappa shape index (κ1) is 16.4. The number of rotatable bonds is 5. The van der Waals surface area contributed by atoms with Crippen LogP contribution in [-0.4, -0.2) is 23.4 Å². The molecule has 1 fully saturated rings. The highest BCUT2D eigenvalue weighted by molar-refractivity contribution is 7.89. The van der Waals surface area contributed by atoms with Gasteiger partial charge in [0, 0.05) is 6.54 Å². The number of sulfonamides is 1. The summed E-state index contributed by atoms with van der Waals surface area (Å²) in [6, 6.07) is 4.07. The van der Waals surface area contributed by atoms with E-state index in [4.69, 9.17) is 0 Å². The van der Waals surface area contributed by atoms with Gasteiger partial charge in [-0.05, 0) is 42.5 Å². The molecular formula is C13H18FNO4S2. The first-order valence-electron chi connectivity index (χ1n) is 6.74. The molecule has 5 nitrogen and oxygen atoms in total. The van der Waals surface area contributed by atoms with Crippen LogP contribution < -0.4 is 4.72 Å². The summed E-state index contributed by atoms with van der Waals surface area (Å²) in [5.41, 5.74) is 0. The molecule has 2 unspecified atom stereocenters. The molecule has 0 saturated heterocycles. The normalized spacial score (nSPS) is 23.3. The Kier molecular flexibility index (Phi) is 4.69. The van der Waals surface area contributed by atoms with Gasteiger partial charge in [-0.15, -0.1) is 3.89 Å². The van der Waals surface area contributed by atoms with Gasteiger partial charge in [-0.25, -0.2) is 13.1 Å². The van der Waals surface area contributed by atoms with Crippen molar-refractivity contribution in [3.05, 3.63) is 24.3 Å². The van der Waals surface area contributed by atoms with E-state index in [0.717, 1.165) is 43.5 Å². The van der Waals surface area contributed by atoms with Crippen LogP contribution in [-0.2, 0) is 20.2 Å². The zero-order valence-electron chi connectivity index (χ0n) is 11.6. The summed E-state index contributed by atoms with van der Waals surface area (Å²) >= 11 is 0. The first-order chi connectivity index (χ1) is 9.70. The molecule has 1 aromatic rings. The van der Waals surface area contributed by atoms with Crippen molar-refractivity contribution in [3.8, 4) is 0 Å². The van der Waals surface area contributed by atoms with Crippen LogP contribution in [0.2, 0.25) is 0 Å². The van der Waals surface area contributed by atoms with Crippen LogP contribution in [0.15, 0.2) is 34.1 Å². The maximum absolute atomic E-state index is 12.8. The van der Waals surface area contributed by atoms with Gasteiger partial charge in [0.15, 0.2) is 0 Å². The van der Waals surface area contributed by atoms with Gasteiger partial charge in [-0.2, -0.15) is 8.42 Å². The molecular weight excluding hydrogens is 317 g/mol. The van der Waals surface area contributed by atoms with Crippen molar-refractivity contribution in [1.29, 1.82) is 0 Å². The van der Waals surface area contributed by atoms with E-state index in [1.165, 1.54) is 0 Å². The van der Waals surface area contributed by atoms with E-state index in [-0.39, 0.29) is 4.90 Å². The summed E-state index contributed by atoms with van der Waals surface area (Å²) in [6.07, 6.45) is 3.22. The van der Waals surface area contributed by atoms with Gasteiger partial charge in [0.05, 0.1) is 9.79 Å². The van der Waals surface area contributed by atoms with Crippen LogP contribution in [0.25, 0.3) is 0 Å². The van der Waals surface area contributed by atoms with E-state index >= 15 is 0 Å². The average Bonchev–Trinajstić information content (AvgIpc) is 2.81. The fourth-order valence-electron chi connectivity index (χ4n) is 2.61. The van der Waals surface area contributed by atoms with Crippen molar-refractivity contribution in [3.63, 3.8) is 0 Å². The van der Waals surface area contributed by atoms with Gasteiger partial charge in [0.1, 0.15) is 0 Å². The second-order valence-electron chi connectivity index (χ2n) is 5.43. The van der Waals surface area contributed by atoms with Gasteiger partial charge < -0.3 is 0 Å². The quantitative estimate of drug-likeness (QED) is 0.835. The molecule has 8 heteroatoms. The summed E-state index contributed by atoms with van der Waals surface area (Å²) in [7, 11) is -8.51. The molecule has 0 radical (unpaired) electrons. The smallest absolute Gasteiger partial charge is 0.211 e. The average molecular weight is 335 g/mol. The minimum absolute atomic E-state index is 0.0689. The third kappa shape index (κ3) is 4.02. The fourth-order valence-corrected chi connectivity index (χ4v) is 4.16. The number of nitrogens with one attached hydrogen (secondary N) is 1. The van der Waals surface area contributed by atoms with Crippen LogP contribution in [0.4, 0.5) is 3.89 Å². The van der Waals surface area contributed by atoms with E-state index in [0.29, 0.717) is 18.4 Å². The molecule has 1 aliphatic carbocycles. The van der Waals surface area contributed by atoms with Gasteiger partial charge in [0.25, 0.3) is 0 Å². The predicted molar refractivity (Wildman–Crippen MR) is 76.4 cm³/mol. The van der Waals surface area contributed by atoms with Crippen molar-refractivity contribution in [2.45, 2.75) is 36.0 Å². The molecule has 2 atom stereocenters. The standard InChI is InChI=1S/C13H18FNO4S2/c1-10-3-2-4-11(10)9-15-21(18,19)13-7-5-12(6-8-13)20(14,16)17/h5-8,10-11,15H,2-4,9H2,1H3. The lowest BCUT2D eigenvalue weighted by atomic mass is 9.99. The fraction of sp³-hybridized carbons (Fsp3) is 0.538. The minimum atomic E-state index is -4.81. The predicted octanol–water partition coefficient (Wildman–Crippen LogP) is 2.06. The summed E-state index contributed by atoms with van der Waals surface area (Å²) in [5, 5.41) is 0. The van der Waals surface area contributed by atoms with Crippen LogP contribution in [0.1, 0.15) is 26.2 Å². The van der Waals surface area contributed by atoms with Crippen LogP contribution in [0.3, 0.4) is 0 Å². The second kappa shape index (κ2) is 6.02. The van der Waals surface area contributed by atoms with Gasteiger partial charge in [-0.1, -0.05) is 19.8 Å². The Morgan fingerprint density at radius 1 is 1.10 bits per heavy atom. The Morgan fingerprint density at radius 2 is 1.67 bits per heavy atom. The number of hydrogen-bond acceptors (Lipinski definition) is 4. The molecule has 0 amide bonds. The molecule has 0 bridgehead atoms. The topological polar surface area (TPSA) is 80.3 Å². The molecule has 21 heavy (non-hydrogen) atoms. The van der Waals surface area contributed by atoms with Gasteiger partial charge >= 0.3 is 10.2 Å². The first-order valence-corrected chi connectivity index (χ1v) is 9.61. The number of benzene rings is 1. The van der Waals surface area contributed by atoms with Crippen molar-refractivity contribution in [2.75, 3.05) is 6.54 Å². The van der Waals surface area contributed by atoms with Crippen molar-refractivity contribution < 1.29 is 20.7 Å². The third-order valence-electron chi connectivity index (χ3n) is 3.99. The SMILES string of the molecule is CC1CCCC1CNS(=O)(=O)c1ccc(S(=O)(=O)F)cc1. The van der Waals surface area contributed by atoms with E-state index in [2.05, 4.69) is 11.6 Å². The molecule has 1 aliphatic rings. The highest BCUT2D eigenvalue weighted by Crippen LogP contribution is 2.30. The lowest BCUT2D eigenvalue weighted by molar-refractivity contribution is 0.414. The molecule has 2 rings (SSSR count). The van der Waals surface area contributed by atoms with Gasteiger partial charge in [-0.3, -0.25) is 0 Å². The van der Waals surface area contributed by atoms with Crippen LogP contribution in [0, 0.1) is 11.8 Å². The van der Waals surface area contributed by atoms with E-state index in [1.807, 2.05) is 0 Å². The van der Waals surface area contributed by atoms with Crippen molar-refractivity contribution >= 4 is 20.2 Å². The summed E-state index contributed by atoms with van der Waals surface area (Å²) in [6.45, 7) is 2.47. The van der Waals surface area contributed by atoms with E-state index in [1.54, 1.807) is 0 Å². The Labute approximate surface area is 124 Å². The largest absolute Gasteiger partial charge is 0.332 e. The summed E-state index contributed by atoms with van der Waals surface area (Å²) in [4.78, 5) is -0.619. The number of halogens is 1. The molecule has 0 aliphatic heterocycles. The zero-order valence-corrected chi connectivity index (χ0v) is 13.3. The Balaban J connectivity index is 2.09. The van der Waals surface area contributed by atoms with Crippen molar-refractivity contribution in [2.24, 2.45) is 11.8 Å². The highest BCUT2D eigenvalue weighted by atomic mass is 32.3. The highest BCUT2D eigenvalue weighted by Gasteiger charge is 2.25. The molecule has 118 valence electrons. The monoisotopic (exact) mass is 335 g/mol. The van der Waals surface area contributed by atoms with Crippen LogP contribution in [0.5, 0.6) is 0 Å². The summed E-state index contributed by atoms with van der Waals surface area (Å²) in [5.74, 6) is 0.817. The van der Waals surface area contributed by atoms with Crippen LogP contribution >= 0.6 is 0 Å². The molecule has 1 aromatic carbocycles. The second-order valence-corrected chi connectivity index (χ2v) is 8.54. The molecule has 1 N–H and O–H groups in total. The Hall–Kier alpha value is -0.990. The zero-order chi connectivity index (χ0) is 15.7. The van der Waals surface area contributed by atoms with Gasteiger partial charge in [0.2, 0.25) is 10.0 Å². The van der Waals surface area contributed by atoms with Crippen molar-refractivity contribution in [1.82, 2.24) is 4.72 Å². The molecule has 0 spiro atoms. The lowest BCUT2D eigenvalue weighted by Crippen LogP contribution is -2.30. The minimum Gasteiger partial charge on any atom is -0.211 e.